The van der Waals surface area contributed by atoms with Gasteiger partial charge in [-0.2, -0.15) is 0 Å². The van der Waals surface area contributed by atoms with E-state index in [0.29, 0.717) is 31.4 Å². The molecule has 0 spiro atoms. The van der Waals surface area contributed by atoms with E-state index in [1.165, 1.54) is 12.8 Å². The Balaban J connectivity index is 1.51. The molecule has 1 aromatic carbocycles. The topological polar surface area (TPSA) is 41.9 Å². The number of aliphatic hydroxyl groups excluding tert-OH is 1. The summed E-state index contributed by atoms with van der Waals surface area (Å²) in [6.07, 6.45) is 2.02. The standard InChI is InChI=1S/C17H26ClNO3/c1-14-6-8-19(9-7-14)12-16(20)13-21-10-11-22-17-4-2-15(18)3-5-17/h2-5,14,16,20H,6-13H2,1H3/t16-/m0/s1. The minimum atomic E-state index is -0.427. The van der Waals surface area contributed by atoms with E-state index in [-0.39, 0.29) is 0 Å². The fraction of sp³-hybridized carbons (Fsp3) is 0.647. The average Bonchev–Trinajstić information content (AvgIpc) is 2.51. The number of rotatable bonds is 8. The van der Waals surface area contributed by atoms with Crippen LogP contribution in [0.25, 0.3) is 0 Å². The van der Waals surface area contributed by atoms with Crippen molar-refractivity contribution in [3.05, 3.63) is 29.3 Å². The highest BCUT2D eigenvalue weighted by atomic mass is 35.5. The lowest BCUT2D eigenvalue weighted by molar-refractivity contribution is 0.00333. The molecule has 1 atom stereocenters. The van der Waals surface area contributed by atoms with Crippen LogP contribution in [0, 0.1) is 5.92 Å². The van der Waals surface area contributed by atoms with Crippen LogP contribution in [0.3, 0.4) is 0 Å². The van der Waals surface area contributed by atoms with Crippen molar-refractivity contribution in [2.24, 2.45) is 5.92 Å². The second kappa shape index (κ2) is 9.36. The maximum atomic E-state index is 9.99. The van der Waals surface area contributed by atoms with Gasteiger partial charge in [0, 0.05) is 11.6 Å². The van der Waals surface area contributed by atoms with Crippen molar-refractivity contribution in [1.82, 2.24) is 4.90 Å². The van der Waals surface area contributed by atoms with Crippen molar-refractivity contribution >= 4 is 11.6 Å². The van der Waals surface area contributed by atoms with Gasteiger partial charge < -0.3 is 19.5 Å². The molecule has 1 heterocycles. The number of aliphatic hydroxyl groups is 1. The molecular weight excluding hydrogens is 302 g/mol. The van der Waals surface area contributed by atoms with Gasteiger partial charge in [0.2, 0.25) is 0 Å². The van der Waals surface area contributed by atoms with Crippen molar-refractivity contribution in [1.29, 1.82) is 0 Å². The van der Waals surface area contributed by atoms with Crippen LogP contribution in [-0.2, 0) is 4.74 Å². The molecule has 1 saturated heterocycles. The van der Waals surface area contributed by atoms with Crippen molar-refractivity contribution < 1.29 is 14.6 Å². The Morgan fingerprint density at radius 2 is 1.91 bits per heavy atom. The van der Waals surface area contributed by atoms with Gasteiger partial charge in [-0.3, -0.25) is 0 Å². The fourth-order valence-corrected chi connectivity index (χ4v) is 2.69. The Morgan fingerprint density at radius 3 is 2.59 bits per heavy atom. The molecule has 1 aliphatic rings. The van der Waals surface area contributed by atoms with E-state index < -0.39 is 6.10 Å². The quantitative estimate of drug-likeness (QED) is 0.746. The molecule has 0 saturated carbocycles. The van der Waals surface area contributed by atoms with Gasteiger partial charge in [0.25, 0.3) is 0 Å². The van der Waals surface area contributed by atoms with Crippen molar-refractivity contribution in [2.45, 2.75) is 25.9 Å². The summed E-state index contributed by atoms with van der Waals surface area (Å²) < 4.78 is 11.0. The zero-order valence-electron chi connectivity index (χ0n) is 13.2. The molecule has 1 fully saturated rings. The summed E-state index contributed by atoms with van der Waals surface area (Å²) in [5, 5.41) is 10.7. The van der Waals surface area contributed by atoms with Crippen LogP contribution in [0.4, 0.5) is 0 Å². The highest BCUT2D eigenvalue weighted by Crippen LogP contribution is 2.16. The lowest BCUT2D eigenvalue weighted by atomic mass is 9.99. The number of halogens is 1. The van der Waals surface area contributed by atoms with Crippen molar-refractivity contribution in [2.75, 3.05) is 39.5 Å². The van der Waals surface area contributed by atoms with E-state index in [2.05, 4.69) is 11.8 Å². The maximum absolute atomic E-state index is 9.99. The smallest absolute Gasteiger partial charge is 0.119 e. The molecule has 4 nitrogen and oxygen atoms in total. The molecule has 2 rings (SSSR count). The number of likely N-dealkylation sites (tertiary alicyclic amines) is 1. The second-order valence-electron chi connectivity index (χ2n) is 6.01. The Bertz CT molecular complexity index is 418. The number of piperidine rings is 1. The Labute approximate surface area is 138 Å². The lowest BCUT2D eigenvalue weighted by Crippen LogP contribution is -2.40. The molecule has 5 heteroatoms. The SMILES string of the molecule is CC1CCN(C[C@H](O)COCCOc2ccc(Cl)cc2)CC1. The number of hydrogen-bond acceptors (Lipinski definition) is 4. The molecule has 0 aliphatic carbocycles. The van der Waals surface area contributed by atoms with Gasteiger partial charge in [0.1, 0.15) is 12.4 Å². The van der Waals surface area contributed by atoms with Gasteiger partial charge in [0.15, 0.2) is 0 Å². The average molecular weight is 328 g/mol. The number of hydrogen-bond donors (Lipinski definition) is 1. The second-order valence-corrected chi connectivity index (χ2v) is 6.45. The van der Waals surface area contributed by atoms with Gasteiger partial charge in [-0.25, -0.2) is 0 Å². The normalized spacial score (nSPS) is 18.3. The minimum Gasteiger partial charge on any atom is -0.491 e. The van der Waals surface area contributed by atoms with E-state index in [9.17, 15) is 5.11 Å². The third kappa shape index (κ3) is 6.53. The van der Waals surface area contributed by atoms with E-state index >= 15 is 0 Å². The highest BCUT2D eigenvalue weighted by molar-refractivity contribution is 6.30. The first kappa shape index (κ1) is 17.5. The molecule has 0 bridgehead atoms. The van der Waals surface area contributed by atoms with Gasteiger partial charge in [0.05, 0.1) is 19.3 Å². The lowest BCUT2D eigenvalue weighted by Gasteiger charge is -2.31. The van der Waals surface area contributed by atoms with Gasteiger partial charge in [-0.05, 0) is 56.1 Å². The van der Waals surface area contributed by atoms with E-state index in [0.717, 1.165) is 24.8 Å². The van der Waals surface area contributed by atoms with Crippen LogP contribution in [0.5, 0.6) is 5.75 Å². The van der Waals surface area contributed by atoms with E-state index in [1.54, 1.807) is 12.1 Å². The largest absolute Gasteiger partial charge is 0.491 e. The Kier molecular flexibility index (Phi) is 7.46. The Morgan fingerprint density at radius 1 is 1.23 bits per heavy atom. The highest BCUT2D eigenvalue weighted by Gasteiger charge is 2.18. The minimum absolute atomic E-state index is 0.357. The molecule has 124 valence electrons. The predicted molar refractivity (Wildman–Crippen MR) is 88.6 cm³/mol. The summed E-state index contributed by atoms with van der Waals surface area (Å²) in [4.78, 5) is 2.32. The summed E-state index contributed by atoms with van der Waals surface area (Å²) in [6.45, 7) is 6.44. The third-order valence-corrected chi connectivity index (χ3v) is 4.22. The van der Waals surface area contributed by atoms with Gasteiger partial charge >= 0.3 is 0 Å². The first-order valence-electron chi connectivity index (χ1n) is 8.00. The number of β-amino-alcohol motifs (C(OH)–C–C–N with tert-alkyl or cyclic N) is 1. The summed E-state index contributed by atoms with van der Waals surface area (Å²) in [5.41, 5.74) is 0. The fourth-order valence-electron chi connectivity index (χ4n) is 2.56. The monoisotopic (exact) mass is 327 g/mol. The van der Waals surface area contributed by atoms with Crippen LogP contribution in [0.15, 0.2) is 24.3 Å². The number of ether oxygens (including phenoxy) is 2. The van der Waals surface area contributed by atoms with Crippen LogP contribution in [-0.4, -0.2) is 55.6 Å². The maximum Gasteiger partial charge on any atom is 0.119 e. The molecule has 1 N–H and O–H groups in total. The first-order valence-corrected chi connectivity index (χ1v) is 8.38. The van der Waals surface area contributed by atoms with E-state index in [1.807, 2.05) is 12.1 Å². The first-order chi connectivity index (χ1) is 10.6. The van der Waals surface area contributed by atoms with Crippen molar-refractivity contribution in [3.8, 4) is 5.75 Å². The molecule has 1 aromatic rings. The van der Waals surface area contributed by atoms with Crippen LogP contribution < -0.4 is 4.74 Å². The van der Waals surface area contributed by atoms with Gasteiger partial charge in [-0.15, -0.1) is 0 Å². The molecule has 1 aliphatic heterocycles. The summed E-state index contributed by atoms with van der Waals surface area (Å²) in [7, 11) is 0. The van der Waals surface area contributed by atoms with Crippen LogP contribution in [0.1, 0.15) is 19.8 Å². The zero-order valence-corrected chi connectivity index (χ0v) is 14.0. The molecule has 0 aromatic heterocycles. The van der Waals surface area contributed by atoms with Crippen LogP contribution >= 0.6 is 11.6 Å². The van der Waals surface area contributed by atoms with Gasteiger partial charge in [-0.1, -0.05) is 18.5 Å². The Hall–Kier alpha value is -0.810. The van der Waals surface area contributed by atoms with Crippen molar-refractivity contribution in [3.63, 3.8) is 0 Å². The van der Waals surface area contributed by atoms with Crippen LogP contribution in [0.2, 0.25) is 5.02 Å². The molecule has 0 radical (unpaired) electrons. The summed E-state index contributed by atoms with van der Waals surface area (Å²) in [6, 6.07) is 7.24. The molecule has 22 heavy (non-hydrogen) atoms. The van der Waals surface area contributed by atoms with E-state index in [4.69, 9.17) is 21.1 Å². The number of nitrogens with zero attached hydrogens (tertiary/aromatic N) is 1. The third-order valence-electron chi connectivity index (χ3n) is 3.97. The molecule has 0 unspecified atom stereocenters. The summed E-state index contributed by atoms with van der Waals surface area (Å²) >= 11 is 5.81. The predicted octanol–water partition coefficient (Wildman–Crippen LogP) is 2.83. The summed E-state index contributed by atoms with van der Waals surface area (Å²) in [5.74, 6) is 1.59. The molecule has 0 amide bonds. The molecular formula is C17H26ClNO3. The zero-order chi connectivity index (χ0) is 15.8. The number of benzene rings is 1.